The second kappa shape index (κ2) is 11.2. The maximum Gasteiger partial charge on any atom is 0.253 e. The second-order valence-electron chi connectivity index (χ2n) is 6.37. The van der Waals surface area contributed by atoms with Crippen molar-refractivity contribution in [3.05, 3.63) is 64.9 Å². The Bertz CT molecular complexity index is 1070. The van der Waals surface area contributed by atoms with Gasteiger partial charge in [0, 0.05) is 17.1 Å². The van der Waals surface area contributed by atoms with E-state index < -0.39 is 0 Å². The smallest absolute Gasteiger partial charge is 0.253 e. The van der Waals surface area contributed by atoms with Crippen molar-refractivity contribution >= 4 is 52.6 Å². The van der Waals surface area contributed by atoms with Gasteiger partial charge < -0.3 is 15.2 Å². The highest BCUT2D eigenvalue weighted by atomic mass is 35.5. The van der Waals surface area contributed by atoms with Gasteiger partial charge in [-0.05, 0) is 43.5 Å². The minimum absolute atomic E-state index is 0.123. The van der Waals surface area contributed by atoms with Crippen molar-refractivity contribution in [3.63, 3.8) is 0 Å². The predicted molar refractivity (Wildman–Crippen MR) is 126 cm³/mol. The van der Waals surface area contributed by atoms with E-state index in [1.807, 2.05) is 42.0 Å². The number of hydrogen-bond donors (Lipinski definition) is 2. The third kappa shape index (κ3) is 6.25. The monoisotopic (exact) mass is 475 g/mol. The molecule has 31 heavy (non-hydrogen) atoms. The van der Waals surface area contributed by atoms with Crippen molar-refractivity contribution in [2.24, 2.45) is 0 Å². The van der Waals surface area contributed by atoms with Gasteiger partial charge in [-0.25, -0.2) is 0 Å². The number of thioether (sulfide) groups is 2. The molecule has 2 aromatic carbocycles. The average molecular weight is 476 g/mol. The van der Waals surface area contributed by atoms with Gasteiger partial charge in [-0.1, -0.05) is 41.6 Å². The van der Waals surface area contributed by atoms with Crippen molar-refractivity contribution in [3.8, 4) is 0 Å². The third-order valence-electron chi connectivity index (χ3n) is 4.32. The Balaban J connectivity index is 1.57. The van der Waals surface area contributed by atoms with Gasteiger partial charge in [-0.15, -0.1) is 22.0 Å². The van der Waals surface area contributed by atoms with E-state index in [4.69, 9.17) is 11.6 Å². The van der Waals surface area contributed by atoms with E-state index in [9.17, 15) is 9.59 Å². The number of aromatic nitrogens is 3. The first-order chi connectivity index (χ1) is 15.0. The van der Waals surface area contributed by atoms with Gasteiger partial charge in [-0.3, -0.25) is 9.59 Å². The van der Waals surface area contributed by atoms with E-state index >= 15 is 0 Å². The molecule has 7 nitrogen and oxygen atoms in total. The molecule has 0 saturated heterocycles. The third-order valence-corrected chi connectivity index (χ3v) is 6.34. The molecule has 162 valence electrons. The number of carbonyl (C=O) groups is 2. The van der Waals surface area contributed by atoms with E-state index in [1.165, 1.54) is 11.8 Å². The molecule has 0 saturated carbocycles. The number of amides is 2. The highest BCUT2D eigenvalue weighted by Crippen LogP contribution is 2.21. The molecule has 0 unspecified atom stereocenters. The summed E-state index contributed by atoms with van der Waals surface area (Å²) >= 11 is 8.99. The molecular weight excluding hydrogens is 454 g/mol. The van der Waals surface area contributed by atoms with Crippen molar-refractivity contribution < 1.29 is 9.59 Å². The number of nitrogens with one attached hydrogen (secondary N) is 2. The van der Waals surface area contributed by atoms with Crippen LogP contribution >= 0.6 is 35.1 Å². The SMILES string of the molecule is CCn1c(CNC(=O)c2ccccc2Cl)nnc1SCC(=O)Nc1cccc(SC)c1. The quantitative estimate of drug-likeness (QED) is 0.448. The van der Waals surface area contributed by atoms with Gasteiger partial charge in [-0.2, -0.15) is 0 Å². The summed E-state index contributed by atoms with van der Waals surface area (Å²) in [5.74, 6) is 0.409. The summed E-state index contributed by atoms with van der Waals surface area (Å²) in [5.41, 5.74) is 1.17. The Kier molecular flexibility index (Phi) is 8.39. The lowest BCUT2D eigenvalue weighted by atomic mass is 10.2. The van der Waals surface area contributed by atoms with Gasteiger partial charge in [0.15, 0.2) is 11.0 Å². The lowest BCUT2D eigenvalue weighted by Gasteiger charge is -2.09. The Hall–Kier alpha value is -2.49. The standard InChI is InChI=1S/C21H22ClN5O2S2/c1-3-27-18(12-23-20(29)16-9-4-5-10-17(16)22)25-26-21(27)31-13-19(28)24-14-7-6-8-15(11-14)30-2/h4-11H,3,12-13H2,1-2H3,(H,23,29)(H,24,28). The number of benzene rings is 2. The highest BCUT2D eigenvalue weighted by Gasteiger charge is 2.15. The van der Waals surface area contributed by atoms with Gasteiger partial charge in [0.25, 0.3) is 5.91 Å². The van der Waals surface area contributed by atoms with Crippen LogP contribution in [0.4, 0.5) is 5.69 Å². The lowest BCUT2D eigenvalue weighted by molar-refractivity contribution is -0.113. The van der Waals surface area contributed by atoms with Crippen molar-refractivity contribution in [2.45, 2.75) is 30.1 Å². The van der Waals surface area contributed by atoms with Crippen LogP contribution in [0.25, 0.3) is 0 Å². The zero-order valence-electron chi connectivity index (χ0n) is 17.1. The largest absolute Gasteiger partial charge is 0.345 e. The van der Waals surface area contributed by atoms with E-state index in [0.29, 0.717) is 28.1 Å². The average Bonchev–Trinajstić information content (AvgIpc) is 3.18. The van der Waals surface area contributed by atoms with Crippen molar-refractivity contribution in [1.29, 1.82) is 0 Å². The number of hydrogen-bond acceptors (Lipinski definition) is 6. The minimum atomic E-state index is -0.280. The van der Waals surface area contributed by atoms with Crippen LogP contribution in [0.15, 0.2) is 58.6 Å². The van der Waals surface area contributed by atoms with Gasteiger partial charge >= 0.3 is 0 Å². The van der Waals surface area contributed by atoms with Crippen LogP contribution in [0, 0.1) is 0 Å². The van der Waals surface area contributed by atoms with E-state index in [0.717, 1.165) is 10.6 Å². The molecule has 0 radical (unpaired) electrons. The molecule has 1 aromatic heterocycles. The molecule has 0 fully saturated rings. The molecule has 10 heteroatoms. The molecule has 0 aliphatic heterocycles. The molecule has 2 amide bonds. The summed E-state index contributed by atoms with van der Waals surface area (Å²) in [7, 11) is 0. The van der Waals surface area contributed by atoms with Crippen LogP contribution in [0.5, 0.6) is 0 Å². The number of anilines is 1. The highest BCUT2D eigenvalue weighted by molar-refractivity contribution is 7.99. The lowest BCUT2D eigenvalue weighted by Crippen LogP contribution is -2.25. The second-order valence-corrected chi connectivity index (χ2v) is 8.60. The molecule has 1 heterocycles. The Labute approximate surface area is 194 Å². The Morgan fingerprint density at radius 2 is 1.94 bits per heavy atom. The van der Waals surface area contributed by atoms with Crippen LogP contribution in [0.2, 0.25) is 5.02 Å². The molecule has 3 rings (SSSR count). The maximum atomic E-state index is 12.4. The van der Waals surface area contributed by atoms with E-state index in [1.54, 1.807) is 36.0 Å². The molecule has 0 spiro atoms. The summed E-state index contributed by atoms with van der Waals surface area (Å²) in [5, 5.41) is 15.1. The summed E-state index contributed by atoms with van der Waals surface area (Å²) in [6.07, 6.45) is 1.99. The molecule has 0 atom stereocenters. The van der Waals surface area contributed by atoms with Crippen LogP contribution in [-0.2, 0) is 17.9 Å². The zero-order chi connectivity index (χ0) is 22.2. The molecule has 0 bridgehead atoms. The number of halogens is 1. The first-order valence-corrected chi connectivity index (χ1v) is 12.1. The summed E-state index contributed by atoms with van der Waals surface area (Å²) in [6.45, 7) is 2.78. The Morgan fingerprint density at radius 1 is 1.13 bits per heavy atom. The first-order valence-electron chi connectivity index (χ1n) is 9.53. The maximum absolute atomic E-state index is 12.4. The topological polar surface area (TPSA) is 88.9 Å². The normalized spacial score (nSPS) is 10.7. The van der Waals surface area contributed by atoms with Crippen LogP contribution < -0.4 is 10.6 Å². The zero-order valence-corrected chi connectivity index (χ0v) is 19.5. The van der Waals surface area contributed by atoms with Gasteiger partial charge in [0.1, 0.15) is 0 Å². The number of carbonyl (C=O) groups excluding carboxylic acids is 2. The van der Waals surface area contributed by atoms with Crippen LogP contribution in [0.1, 0.15) is 23.1 Å². The fourth-order valence-electron chi connectivity index (χ4n) is 2.80. The van der Waals surface area contributed by atoms with Crippen molar-refractivity contribution in [1.82, 2.24) is 20.1 Å². The van der Waals surface area contributed by atoms with Crippen LogP contribution in [-0.4, -0.2) is 38.6 Å². The Morgan fingerprint density at radius 3 is 2.68 bits per heavy atom. The number of rotatable bonds is 9. The van der Waals surface area contributed by atoms with E-state index in [2.05, 4.69) is 20.8 Å². The molecular formula is C21H22ClN5O2S2. The first kappa shape index (κ1) is 23.2. The van der Waals surface area contributed by atoms with Gasteiger partial charge in [0.2, 0.25) is 5.91 Å². The fraction of sp³-hybridized carbons (Fsp3) is 0.238. The fourth-order valence-corrected chi connectivity index (χ4v) is 4.30. The summed E-state index contributed by atoms with van der Waals surface area (Å²) < 4.78 is 1.87. The predicted octanol–water partition coefficient (Wildman–Crippen LogP) is 4.33. The van der Waals surface area contributed by atoms with E-state index in [-0.39, 0.29) is 24.1 Å². The summed E-state index contributed by atoms with van der Waals surface area (Å²) in [4.78, 5) is 25.8. The molecule has 0 aliphatic carbocycles. The van der Waals surface area contributed by atoms with Gasteiger partial charge in [0.05, 0.1) is 22.9 Å². The van der Waals surface area contributed by atoms with Crippen molar-refractivity contribution in [2.75, 3.05) is 17.3 Å². The molecule has 2 N–H and O–H groups in total. The minimum Gasteiger partial charge on any atom is -0.345 e. The summed E-state index contributed by atoms with van der Waals surface area (Å²) in [6, 6.07) is 14.5. The molecule has 0 aliphatic rings. The van der Waals surface area contributed by atoms with Crippen LogP contribution in [0.3, 0.4) is 0 Å². The molecule has 3 aromatic rings. The number of nitrogens with zero attached hydrogens (tertiary/aromatic N) is 3.